The molecule has 0 radical (unpaired) electrons. The average Bonchev–Trinajstić information content (AvgIpc) is 2.02. The van der Waals surface area contributed by atoms with E-state index in [1.807, 2.05) is 0 Å². The maximum Gasteiger partial charge on any atom is 0.0720 e. The van der Waals surface area contributed by atoms with Crippen LogP contribution in [0.25, 0.3) is 0 Å². The van der Waals surface area contributed by atoms with Gasteiger partial charge in [0.15, 0.2) is 0 Å². The highest BCUT2D eigenvalue weighted by Gasteiger charge is 2.06. The van der Waals surface area contributed by atoms with E-state index in [2.05, 4.69) is 0 Å². The summed E-state index contributed by atoms with van der Waals surface area (Å²) >= 11 is 3.10. The molecule has 86 valence electrons. The van der Waals surface area contributed by atoms with Gasteiger partial charge >= 0.3 is 0 Å². The molecule has 0 aliphatic carbocycles. The van der Waals surface area contributed by atoms with E-state index >= 15 is 0 Å². The summed E-state index contributed by atoms with van der Waals surface area (Å²) in [5.41, 5.74) is 0. The van der Waals surface area contributed by atoms with Crippen LogP contribution in [0.15, 0.2) is 0 Å². The normalized spacial score (nSPS) is 17.8. The maximum absolute atomic E-state index is 9.47. The van der Waals surface area contributed by atoms with E-state index < -0.39 is 0 Å². The molecule has 14 heavy (non-hydrogen) atoms. The molecule has 0 aromatic rings. The minimum atomic E-state index is -0.345. The van der Waals surface area contributed by atoms with Crippen LogP contribution >= 0.6 is 23.5 Å². The third-order valence-electron chi connectivity index (χ3n) is 1.34. The zero-order valence-electron chi connectivity index (χ0n) is 8.72. The number of aliphatic hydroxyl groups excluding tert-OH is 3. The van der Waals surface area contributed by atoms with Gasteiger partial charge in [-0.15, -0.1) is 0 Å². The maximum atomic E-state index is 9.47. The van der Waals surface area contributed by atoms with Crippen molar-refractivity contribution in [3.05, 3.63) is 0 Å². The summed E-state index contributed by atoms with van der Waals surface area (Å²) in [5.74, 6) is 2.63. The molecule has 0 rings (SSSR count). The first-order valence-electron chi connectivity index (χ1n) is 4.72. The number of aliphatic hydroxyl groups is 3. The SMILES string of the molecule is CC(O)CSCC(O)CSCC(C)O. The molecule has 0 aliphatic rings. The molecule has 0 spiro atoms. The Balaban J connectivity index is 3.23. The molecule has 0 aromatic carbocycles. The molecule has 0 saturated carbocycles. The van der Waals surface area contributed by atoms with Crippen LogP contribution in [0.5, 0.6) is 0 Å². The molecule has 0 heterocycles. The Morgan fingerprint density at radius 3 is 1.43 bits per heavy atom. The summed E-state index contributed by atoms with van der Waals surface area (Å²) in [6.07, 6.45) is -0.961. The second kappa shape index (κ2) is 8.85. The molecule has 5 heteroatoms. The van der Waals surface area contributed by atoms with Crippen LogP contribution in [0.4, 0.5) is 0 Å². The fourth-order valence-electron chi connectivity index (χ4n) is 0.797. The second-order valence-corrected chi connectivity index (χ2v) is 5.58. The lowest BCUT2D eigenvalue weighted by atomic mass is 10.5. The lowest BCUT2D eigenvalue weighted by molar-refractivity contribution is 0.215. The fourth-order valence-corrected chi connectivity index (χ4v) is 2.68. The molecule has 0 aromatic heterocycles. The van der Waals surface area contributed by atoms with E-state index in [1.165, 1.54) is 0 Å². The highest BCUT2D eigenvalue weighted by molar-refractivity contribution is 8.00. The van der Waals surface area contributed by atoms with Gasteiger partial charge in [-0.05, 0) is 13.8 Å². The second-order valence-electron chi connectivity index (χ2n) is 3.43. The van der Waals surface area contributed by atoms with Gasteiger partial charge in [0.25, 0.3) is 0 Å². The Hall–Kier alpha value is 0.580. The average molecular weight is 240 g/mol. The number of rotatable bonds is 8. The highest BCUT2D eigenvalue weighted by atomic mass is 32.2. The largest absolute Gasteiger partial charge is 0.393 e. The van der Waals surface area contributed by atoms with Crippen LogP contribution in [0.2, 0.25) is 0 Å². The van der Waals surface area contributed by atoms with Gasteiger partial charge in [-0.2, -0.15) is 23.5 Å². The molecular formula is C9H20O3S2. The third kappa shape index (κ3) is 10.7. The molecular weight excluding hydrogens is 220 g/mol. The van der Waals surface area contributed by atoms with Crippen LogP contribution in [0, 0.1) is 0 Å². The lowest BCUT2D eigenvalue weighted by Gasteiger charge is -2.11. The first-order chi connectivity index (χ1) is 6.52. The van der Waals surface area contributed by atoms with E-state index in [0.717, 1.165) is 0 Å². The molecule has 2 unspecified atom stereocenters. The molecule has 3 nitrogen and oxygen atoms in total. The van der Waals surface area contributed by atoms with Gasteiger partial charge in [0.1, 0.15) is 0 Å². The van der Waals surface area contributed by atoms with E-state index in [-0.39, 0.29) is 18.3 Å². The van der Waals surface area contributed by atoms with Crippen molar-refractivity contribution in [1.82, 2.24) is 0 Å². The zero-order chi connectivity index (χ0) is 11.0. The predicted octanol–water partition coefficient (Wildman–Crippen LogP) is 0.575. The molecule has 0 bridgehead atoms. The Bertz CT molecular complexity index is 117. The third-order valence-corrected chi connectivity index (χ3v) is 4.02. The lowest BCUT2D eigenvalue weighted by Crippen LogP contribution is -2.17. The van der Waals surface area contributed by atoms with Gasteiger partial charge in [0.2, 0.25) is 0 Å². The fraction of sp³-hybridized carbons (Fsp3) is 1.00. The summed E-state index contributed by atoms with van der Waals surface area (Å²) < 4.78 is 0. The summed E-state index contributed by atoms with van der Waals surface area (Å²) in [4.78, 5) is 0. The molecule has 0 fully saturated rings. The summed E-state index contributed by atoms with van der Waals surface area (Å²) in [5, 5.41) is 27.4. The summed E-state index contributed by atoms with van der Waals surface area (Å²) in [7, 11) is 0. The first-order valence-corrected chi connectivity index (χ1v) is 7.03. The van der Waals surface area contributed by atoms with Crippen LogP contribution < -0.4 is 0 Å². The Morgan fingerprint density at radius 1 is 0.786 bits per heavy atom. The van der Waals surface area contributed by atoms with E-state index in [0.29, 0.717) is 23.0 Å². The number of hydrogen-bond donors (Lipinski definition) is 3. The van der Waals surface area contributed by atoms with Crippen LogP contribution in [0.1, 0.15) is 13.8 Å². The molecule has 2 atom stereocenters. The van der Waals surface area contributed by atoms with E-state index in [1.54, 1.807) is 37.4 Å². The quantitative estimate of drug-likeness (QED) is 0.579. The summed E-state index contributed by atoms with van der Waals surface area (Å²) in [6.45, 7) is 3.48. The number of hydrogen-bond acceptors (Lipinski definition) is 5. The monoisotopic (exact) mass is 240 g/mol. The van der Waals surface area contributed by atoms with Crippen LogP contribution in [-0.4, -0.2) is 56.6 Å². The Morgan fingerprint density at radius 2 is 1.14 bits per heavy atom. The predicted molar refractivity (Wildman–Crippen MR) is 64.0 cm³/mol. The topological polar surface area (TPSA) is 60.7 Å². The number of thioether (sulfide) groups is 2. The molecule has 0 saturated heterocycles. The van der Waals surface area contributed by atoms with Crippen molar-refractivity contribution in [2.75, 3.05) is 23.0 Å². The van der Waals surface area contributed by atoms with Crippen molar-refractivity contribution in [3.63, 3.8) is 0 Å². The molecule has 0 aliphatic heterocycles. The highest BCUT2D eigenvalue weighted by Crippen LogP contribution is 2.10. The Kier molecular flexibility index (Phi) is 9.22. The minimum absolute atomic E-state index is 0.308. The first kappa shape index (κ1) is 14.6. The van der Waals surface area contributed by atoms with Crippen LogP contribution in [0.3, 0.4) is 0 Å². The molecule has 0 amide bonds. The molecule has 3 N–H and O–H groups in total. The Labute approximate surface area is 94.3 Å². The summed E-state index contributed by atoms with van der Waals surface area (Å²) in [6, 6.07) is 0. The smallest absolute Gasteiger partial charge is 0.0720 e. The van der Waals surface area contributed by atoms with Crippen molar-refractivity contribution >= 4 is 23.5 Å². The van der Waals surface area contributed by atoms with Gasteiger partial charge in [-0.3, -0.25) is 0 Å². The van der Waals surface area contributed by atoms with E-state index in [9.17, 15) is 5.11 Å². The van der Waals surface area contributed by atoms with Gasteiger partial charge in [0.05, 0.1) is 18.3 Å². The van der Waals surface area contributed by atoms with Crippen molar-refractivity contribution in [2.24, 2.45) is 0 Å². The van der Waals surface area contributed by atoms with Gasteiger partial charge < -0.3 is 15.3 Å². The van der Waals surface area contributed by atoms with Crippen molar-refractivity contribution < 1.29 is 15.3 Å². The van der Waals surface area contributed by atoms with Crippen molar-refractivity contribution in [1.29, 1.82) is 0 Å². The van der Waals surface area contributed by atoms with E-state index in [4.69, 9.17) is 10.2 Å². The van der Waals surface area contributed by atoms with Gasteiger partial charge in [-0.25, -0.2) is 0 Å². The standard InChI is InChI=1S/C9H20O3S2/c1-7(10)3-13-5-9(12)6-14-4-8(2)11/h7-12H,3-6H2,1-2H3. The van der Waals surface area contributed by atoms with Crippen molar-refractivity contribution in [2.45, 2.75) is 32.2 Å². The minimum Gasteiger partial charge on any atom is -0.393 e. The van der Waals surface area contributed by atoms with Crippen LogP contribution in [-0.2, 0) is 0 Å². The zero-order valence-corrected chi connectivity index (χ0v) is 10.4. The van der Waals surface area contributed by atoms with Gasteiger partial charge in [0, 0.05) is 23.0 Å². The van der Waals surface area contributed by atoms with Crippen molar-refractivity contribution in [3.8, 4) is 0 Å². The van der Waals surface area contributed by atoms with Gasteiger partial charge in [-0.1, -0.05) is 0 Å².